The first-order chi connectivity index (χ1) is 6.72. The highest BCUT2D eigenvalue weighted by Gasteiger charge is 2.29. The number of ether oxygens (including phenoxy) is 1. The zero-order valence-corrected chi connectivity index (χ0v) is 9.37. The molecule has 3 nitrogen and oxygen atoms in total. The van der Waals surface area contributed by atoms with Crippen LogP contribution in [0.15, 0.2) is 22.7 Å². The van der Waals surface area contributed by atoms with Crippen molar-refractivity contribution in [2.45, 2.75) is 12.2 Å². The van der Waals surface area contributed by atoms with Gasteiger partial charge in [-0.25, -0.2) is 5.11 Å². The molecule has 4 heteroatoms. The molecule has 2 rings (SSSR count). The van der Waals surface area contributed by atoms with Crippen LogP contribution >= 0.6 is 15.9 Å². The summed E-state index contributed by atoms with van der Waals surface area (Å²) in [5.74, 6) is -0.0903. The van der Waals surface area contributed by atoms with E-state index < -0.39 is 6.29 Å². The van der Waals surface area contributed by atoms with Gasteiger partial charge in [0.05, 0.1) is 5.92 Å². The van der Waals surface area contributed by atoms with E-state index in [-0.39, 0.29) is 5.92 Å². The molecule has 1 aliphatic heterocycles. The highest BCUT2D eigenvalue weighted by molar-refractivity contribution is 9.10. The predicted octanol–water partition coefficient (Wildman–Crippen LogP) is 2.36. The number of nitrogens with one attached hydrogen (secondary N) is 1. The van der Waals surface area contributed by atoms with Crippen LogP contribution in [-0.2, 0) is 9.84 Å². The van der Waals surface area contributed by atoms with Crippen LogP contribution in [0.3, 0.4) is 0 Å². The van der Waals surface area contributed by atoms with Crippen LogP contribution < -0.4 is 5.32 Å². The Morgan fingerprint density at radius 3 is 3.14 bits per heavy atom. The van der Waals surface area contributed by atoms with Crippen molar-refractivity contribution in [3.8, 4) is 0 Å². The molecule has 0 aromatic heterocycles. The summed E-state index contributed by atoms with van der Waals surface area (Å²) in [5, 5.41) is 14.7. The van der Waals surface area contributed by atoms with E-state index in [1.54, 1.807) is 0 Å². The second-order valence-electron chi connectivity index (χ2n) is 3.32. The van der Waals surface area contributed by atoms with E-state index in [9.17, 15) is 5.11 Å². The molecule has 0 bridgehead atoms. The fraction of sp³-hybridized carbons (Fsp3) is 0.400. The van der Waals surface area contributed by atoms with E-state index >= 15 is 0 Å². The third kappa shape index (κ3) is 1.65. The molecule has 1 aliphatic rings. The van der Waals surface area contributed by atoms with Crippen molar-refractivity contribution in [2.75, 3.05) is 19.0 Å². The molecule has 14 heavy (non-hydrogen) atoms. The van der Waals surface area contributed by atoms with Crippen LogP contribution in [0.1, 0.15) is 11.5 Å². The Kier molecular flexibility index (Phi) is 2.76. The lowest BCUT2D eigenvalue weighted by Gasteiger charge is -2.14. The molecule has 0 saturated heterocycles. The van der Waals surface area contributed by atoms with Gasteiger partial charge in [0.15, 0.2) is 6.29 Å². The fourth-order valence-corrected chi connectivity index (χ4v) is 2.12. The van der Waals surface area contributed by atoms with Gasteiger partial charge in [0.1, 0.15) is 0 Å². The van der Waals surface area contributed by atoms with E-state index in [0.29, 0.717) is 6.54 Å². The van der Waals surface area contributed by atoms with Crippen LogP contribution in [0.5, 0.6) is 0 Å². The first-order valence-corrected chi connectivity index (χ1v) is 5.23. The van der Waals surface area contributed by atoms with Gasteiger partial charge >= 0.3 is 0 Å². The van der Waals surface area contributed by atoms with Gasteiger partial charge in [0.25, 0.3) is 0 Å². The summed E-state index contributed by atoms with van der Waals surface area (Å²) in [6.07, 6.45) is -0.988. The van der Waals surface area contributed by atoms with Crippen molar-refractivity contribution in [2.24, 2.45) is 0 Å². The molecular weight excluding hydrogens is 246 g/mol. The zero-order valence-electron chi connectivity index (χ0n) is 7.79. The lowest BCUT2D eigenvalue weighted by atomic mass is 10.0. The number of hydrogen-bond acceptors (Lipinski definition) is 2. The van der Waals surface area contributed by atoms with Crippen molar-refractivity contribution in [3.63, 3.8) is 0 Å². The summed E-state index contributed by atoms with van der Waals surface area (Å²) in [6.45, 7) is 0.661. The van der Waals surface area contributed by atoms with Crippen LogP contribution in [0.2, 0.25) is 0 Å². The maximum absolute atomic E-state index is 11.5. The number of rotatable bonds is 2. The average molecular weight is 257 g/mol. The second-order valence-corrected chi connectivity index (χ2v) is 4.24. The standard InChI is InChI=1S/C10H11BrNO2/c1-14-10(13)8-5-12-9-3-2-6(11)4-7(8)9/h2-4,8,10,12H,5H2,1H3. The number of fused-ring (bicyclic) bond motifs is 1. The van der Waals surface area contributed by atoms with Crippen molar-refractivity contribution in [1.82, 2.24) is 0 Å². The van der Waals surface area contributed by atoms with Gasteiger partial charge in [-0.15, -0.1) is 0 Å². The number of hydrogen-bond donors (Lipinski definition) is 1. The minimum Gasteiger partial charge on any atom is -0.384 e. The third-order valence-corrected chi connectivity index (χ3v) is 2.98. The normalized spacial score (nSPS) is 21.5. The number of benzene rings is 1. The Bertz CT molecular complexity index is 343. The molecule has 0 fully saturated rings. The molecular formula is C10H11BrNO2. The van der Waals surface area contributed by atoms with E-state index in [4.69, 9.17) is 4.74 Å². The average Bonchev–Trinajstić information content (AvgIpc) is 2.59. The van der Waals surface area contributed by atoms with E-state index in [1.807, 2.05) is 18.2 Å². The maximum Gasteiger partial charge on any atom is 0.199 e. The largest absolute Gasteiger partial charge is 0.384 e. The Hall–Kier alpha value is -0.580. The maximum atomic E-state index is 11.5. The van der Waals surface area contributed by atoms with E-state index in [1.165, 1.54) is 7.11 Å². The summed E-state index contributed by atoms with van der Waals surface area (Å²) in [7, 11) is 1.45. The Morgan fingerprint density at radius 1 is 1.64 bits per heavy atom. The molecule has 0 amide bonds. The van der Waals surface area contributed by atoms with Crippen LogP contribution in [0.4, 0.5) is 5.69 Å². The molecule has 0 aliphatic carbocycles. The van der Waals surface area contributed by atoms with Gasteiger partial charge in [-0.05, 0) is 23.8 Å². The summed E-state index contributed by atoms with van der Waals surface area (Å²) in [4.78, 5) is 0. The smallest absolute Gasteiger partial charge is 0.199 e. The summed E-state index contributed by atoms with van der Waals surface area (Å²) in [6, 6.07) is 5.91. The molecule has 2 unspecified atom stereocenters. The summed E-state index contributed by atoms with van der Waals surface area (Å²) in [5.41, 5.74) is 2.08. The first-order valence-electron chi connectivity index (χ1n) is 4.44. The van der Waals surface area contributed by atoms with Crippen LogP contribution in [-0.4, -0.2) is 19.9 Å². The van der Waals surface area contributed by atoms with Gasteiger partial charge in [0, 0.05) is 23.8 Å². The third-order valence-electron chi connectivity index (χ3n) is 2.49. The molecule has 1 aromatic carbocycles. The molecule has 0 spiro atoms. The number of methoxy groups -OCH3 is 1. The summed E-state index contributed by atoms with van der Waals surface area (Å²) < 4.78 is 5.81. The lowest BCUT2D eigenvalue weighted by Crippen LogP contribution is -2.20. The predicted molar refractivity (Wildman–Crippen MR) is 56.9 cm³/mol. The van der Waals surface area contributed by atoms with Crippen LogP contribution in [0, 0.1) is 0 Å². The second kappa shape index (κ2) is 3.88. The van der Waals surface area contributed by atoms with E-state index in [0.717, 1.165) is 15.7 Å². The SMILES string of the molecule is COC([O])C1CNc2ccc(Br)cc21. The zero-order chi connectivity index (χ0) is 10.1. The summed E-state index contributed by atoms with van der Waals surface area (Å²) >= 11 is 3.39. The van der Waals surface area contributed by atoms with Crippen LogP contribution in [0.25, 0.3) is 0 Å². The molecule has 0 saturated carbocycles. The van der Waals surface area contributed by atoms with E-state index in [2.05, 4.69) is 21.2 Å². The van der Waals surface area contributed by atoms with Gasteiger partial charge in [-0.3, -0.25) is 0 Å². The molecule has 1 radical (unpaired) electrons. The highest BCUT2D eigenvalue weighted by Crippen LogP contribution is 2.35. The number of halogens is 1. The van der Waals surface area contributed by atoms with Crippen molar-refractivity contribution < 1.29 is 9.84 Å². The molecule has 1 aromatic rings. The minimum atomic E-state index is -0.988. The van der Waals surface area contributed by atoms with Gasteiger partial charge in [-0.1, -0.05) is 15.9 Å². The Labute approximate surface area is 91.2 Å². The molecule has 1 heterocycles. The molecule has 2 atom stereocenters. The van der Waals surface area contributed by atoms with Gasteiger partial charge < -0.3 is 10.1 Å². The monoisotopic (exact) mass is 256 g/mol. The quantitative estimate of drug-likeness (QED) is 0.826. The molecule has 75 valence electrons. The van der Waals surface area contributed by atoms with Crippen molar-refractivity contribution >= 4 is 21.6 Å². The minimum absolute atomic E-state index is 0.0903. The fourth-order valence-electron chi connectivity index (χ4n) is 1.74. The first kappa shape index (κ1) is 9.96. The molecule has 1 N–H and O–H groups in total. The number of anilines is 1. The van der Waals surface area contributed by atoms with Gasteiger partial charge in [-0.2, -0.15) is 0 Å². The lowest BCUT2D eigenvalue weighted by molar-refractivity contribution is -0.131. The Balaban J connectivity index is 2.33. The van der Waals surface area contributed by atoms with Crippen molar-refractivity contribution in [1.29, 1.82) is 0 Å². The van der Waals surface area contributed by atoms with Gasteiger partial charge in [0.2, 0.25) is 0 Å². The Morgan fingerprint density at radius 2 is 2.43 bits per heavy atom. The highest BCUT2D eigenvalue weighted by atomic mass is 79.9. The topological polar surface area (TPSA) is 41.2 Å². The van der Waals surface area contributed by atoms with Crippen molar-refractivity contribution in [3.05, 3.63) is 28.2 Å².